The molecule has 1 aromatic carbocycles. The van der Waals surface area contributed by atoms with E-state index in [0.29, 0.717) is 13.2 Å². The van der Waals surface area contributed by atoms with Gasteiger partial charge in [0.25, 0.3) is 0 Å². The van der Waals surface area contributed by atoms with Gasteiger partial charge in [-0.1, -0.05) is 12.1 Å². The van der Waals surface area contributed by atoms with Crippen molar-refractivity contribution in [2.75, 3.05) is 18.1 Å². The molecule has 1 amide bonds. The van der Waals surface area contributed by atoms with E-state index in [1.54, 1.807) is 4.90 Å². The van der Waals surface area contributed by atoms with Crippen molar-refractivity contribution in [2.45, 2.75) is 26.4 Å². The van der Waals surface area contributed by atoms with Crippen molar-refractivity contribution in [1.29, 1.82) is 0 Å². The van der Waals surface area contributed by atoms with Crippen molar-refractivity contribution in [1.82, 2.24) is 0 Å². The number of nitrogens with zero attached hydrogens (tertiary/aromatic N) is 1. The molecule has 0 unspecified atom stereocenters. The number of hydrogen-bond donors (Lipinski definition) is 0. The summed E-state index contributed by atoms with van der Waals surface area (Å²) in [5, 5.41) is 0. The van der Waals surface area contributed by atoms with E-state index in [0.717, 1.165) is 17.9 Å². The van der Waals surface area contributed by atoms with Gasteiger partial charge in [-0.2, -0.15) is 0 Å². The summed E-state index contributed by atoms with van der Waals surface area (Å²) < 4.78 is 10.8. The van der Waals surface area contributed by atoms with E-state index in [1.165, 1.54) is 0 Å². The van der Waals surface area contributed by atoms with Gasteiger partial charge in [-0.25, -0.2) is 4.79 Å². The second-order valence-corrected chi connectivity index (χ2v) is 4.25. The van der Waals surface area contributed by atoms with E-state index >= 15 is 0 Å². The summed E-state index contributed by atoms with van der Waals surface area (Å²) in [5.74, 6) is 0.741. The molecule has 0 aliphatic carbocycles. The molecule has 1 aromatic rings. The average molecular weight is 235 g/mol. The van der Waals surface area contributed by atoms with Gasteiger partial charge >= 0.3 is 6.09 Å². The highest BCUT2D eigenvalue weighted by Crippen LogP contribution is 2.30. The summed E-state index contributed by atoms with van der Waals surface area (Å²) in [6.45, 7) is 4.95. The second kappa shape index (κ2) is 5.08. The predicted molar refractivity (Wildman–Crippen MR) is 65.5 cm³/mol. The molecule has 0 saturated carbocycles. The Kier molecular flexibility index (Phi) is 3.52. The number of fused-ring (bicyclic) bond motifs is 1. The lowest BCUT2D eigenvalue weighted by Crippen LogP contribution is -2.33. The molecule has 4 nitrogen and oxygen atoms in total. The molecule has 92 valence electrons. The summed E-state index contributed by atoms with van der Waals surface area (Å²) in [5.41, 5.74) is 0.788. The van der Waals surface area contributed by atoms with Crippen molar-refractivity contribution in [3.8, 4) is 5.75 Å². The van der Waals surface area contributed by atoms with E-state index < -0.39 is 0 Å². The van der Waals surface area contributed by atoms with Crippen LogP contribution in [-0.4, -0.2) is 25.3 Å². The third kappa shape index (κ3) is 2.70. The van der Waals surface area contributed by atoms with Crippen LogP contribution in [0.3, 0.4) is 0 Å². The van der Waals surface area contributed by atoms with Gasteiger partial charge in [-0.3, -0.25) is 4.90 Å². The molecule has 0 radical (unpaired) electrons. The van der Waals surface area contributed by atoms with Gasteiger partial charge in [0.1, 0.15) is 5.75 Å². The largest absolute Gasteiger partial charge is 0.491 e. The van der Waals surface area contributed by atoms with Crippen LogP contribution in [0.25, 0.3) is 0 Å². The minimum absolute atomic E-state index is 0.112. The maximum absolute atomic E-state index is 12.0. The van der Waals surface area contributed by atoms with Crippen molar-refractivity contribution in [3.63, 3.8) is 0 Å². The molecule has 0 N–H and O–H groups in total. The van der Waals surface area contributed by atoms with Crippen LogP contribution in [0.5, 0.6) is 5.75 Å². The number of carbonyl (C=O) groups is 1. The van der Waals surface area contributed by atoms with E-state index in [4.69, 9.17) is 9.47 Å². The van der Waals surface area contributed by atoms with Crippen molar-refractivity contribution in [3.05, 3.63) is 24.3 Å². The minimum Gasteiger partial charge on any atom is -0.491 e. The molecular weight excluding hydrogens is 218 g/mol. The lowest BCUT2D eigenvalue weighted by Gasteiger charge is -2.22. The summed E-state index contributed by atoms with van der Waals surface area (Å²) in [7, 11) is 0. The van der Waals surface area contributed by atoms with E-state index in [1.807, 2.05) is 38.1 Å². The standard InChI is InChI=1S/C13H17NO3/c1-10(2)17-13(15)14-8-5-9-16-12-7-4-3-6-11(12)14/h3-4,6-7,10H,5,8-9H2,1-2H3. The van der Waals surface area contributed by atoms with E-state index in [2.05, 4.69) is 0 Å². The second-order valence-electron chi connectivity index (χ2n) is 4.25. The third-order valence-corrected chi connectivity index (χ3v) is 2.50. The minimum atomic E-state index is -0.307. The first kappa shape index (κ1) is 11.8. The maximum atomic E-state index is 12.0. The van der Waals surface area contributed by atoms with Crippen molar-refractivity contribution in [2.24, 2.45) is 0 Å². The molecule has 0 saturated heterocycles. The fourth-order valence-electron chi connectivity index (χ4n) is 1.78. The van der Waals surface area contributed by atoms with Crippen LogP contribution < -0.4 is 9.64 Å². The van der Waals surface area contributed by atoms with E-state index in [9.17, 15) is 4.79 Å². The number of hydrogen-bond acceptors (Lipinski definition) is 3. The molecule has 4 heteroatoms. The smallest absolute Gasteiger partial charge is 0.414 e. The molecule has 1 aliphatic rings. The highest BCUT2D eigenvalue weighted by Gasteiger charge is 2.23. The Morgan fingerprint density at radius 3 is 2.94 bits per heavy atom. The van der Waals surface area contributed by atoms with Crippen LogP contribution in [-0.2, 0) is 4.74 Å². The fourth-order valence-corrected chi connectivity index (χ4v) is 1.78. The fraction of sp³-hybridized carbons (Fsp3) is 0.462. The Balaban J connectivity index is 2.25. The first-order valence-electron chi connectivity index (χ1n) is 5.88. The number of rotatable bonds is 1. The predicted octanol–water partition coefficient (Wildman–Crippen LogP) is 2.82. The van der Waals surface area contributed by atoms with Gasteiger partial charge in [0, 0.05) is 6.54 Å². The first-order chi connectivity index (χ1) is 8.18. The van der Waals surface area contributed by atoms with Crippen molar-refractivity contribution >= 4 is 11.8 Å². The number of amides is 1. The highest BCUT2D eigenvalue weighted by atomic mass is 16.6. The monoisotopic (exact) mass is 235 g/mol. The molecule has 1 aliphatic heterocycles. The number of anilines is 1. The molecule has 0 fully saturated rings. The zero-order chi connectivity index (χ0) is 12.3. The van der Waals surface area contributed by atoms with Gasteiger partial charge in [-0.05, 0) is 32.4 Å². The zero-order valence-electron chi connectivity index (χ0n) is 10.2. The average Bonchev–Trinajstić information content (AvgIpc) is 2.50. The van der Waals surface area contributed by atoms with E-state index in [-0.39, 0.29) is 12.2 Å². The molecule has 2 rings (SSSR count). The van der Waals surface area contributed by atoms with Gasteiger partial charge in [-0.15, -0.1) is 0 Å². The van der Waals surface area contributed by atoms with Crippen molar-refractivity contribution < 1.29 is 14.3 Å². The molecule has 0 spiro atoms. The van der Waals surface area contributed by atoms with Crippen LogP contribution >= 0.6 is 0 Å². The quantitative estimate of drug-likeness (QED) is 0.751. The summed E-state index contributed by atoms with van der Waals surface area (Å²) in [6, 6.07) is 7.54. The van der Waals surface area contributed by atoms with Crippen LogP contribution in [0.2, 0.25) is 0 Å². The molecule has 1 heterocycles. The Bertz CT molecular complexity index is 403. The summed E-state index contributed by atoms with van der Waals surface area (Å²) in [6.07, 6.45) is 0.388. The number of para-hydroxylation sites is 2. The molecule has 0 aromatic heterocycles. The molecule has 0 bridgehead atoms. The SMILES string of the molecule is CC(C)OC(=O)N1CCCOc2ccccc21. The maximum Gasteiger partial charge on any atom is 0.414 e. The van der Waals surface area contributed by atoms with Gasteiger partial charge in [0.05, 0.1) is 18.4 Å². The Labute approximate surface area is 101 Å². The van der Waals surface area contributed by atoms with Crippen LogP contribution in [0.4, 0.5) is 10.5 Å². The van der Waals surface area contributed by atoms with Gasteiger partial charge < -0.3 is 9.47 Å². The molecule has 0 atom stereocenters. The topological polar surface area (TPSA) is 38.8 Å². The third-order valence-electron chi connectivity index (χ3n) is 2.50. The number of benzene rings is 1. The lowest BCUT2D eigenvalue weighted by atomic mass is 10.2. The Morgan fingerprint density at radius 2 is 2.18 bits per heavy atom. The Hall–Kier alpha value is -1.71. The number of ether oxygens (including phenoxy) is 2. The normalized spacial score (nSPS) is 14.9. The molecular formula is C13H17NO3. The Morgan fingerprint density at radius 1 is 1.41 bits per heavy atom. The van der Waals surface area contributed by atoms with Gasteiger partial charge in [0.2, 0.25) is 0 Å². The van der Waals surface area contributed by atoms with Crippen LogP contribution in [0.15, 0.2) is 24.3 Å². The molecule has 17 heavy (non-hydrogen) atoms. The highest BCUT2D eigenvalue weighted by molar-refractivity contribution is 5.89. The summed E-state index contributed by atoms with van der Waals surface area (Å²) in [4.78, 5) is 13.6. The lowest BCUT2D eigenvalue weighted by molar-refractivity contribution is 0.122. The van der Waals surface area contributed by atoms with Crippen LogP contribution in [0, 0.1) is 0 Å². The van der Waals surface area contributed by atoms with Gasteiger partial charge in [0.15, 0.2) is 0 Å². The number of carbonyl (C=O) groups excluding carboxylic acids is 1. The summed E-state index contributed by atoms with van der Waals surface area (Å²) >= 11 is 0. The first-order valence-corrected chi connectivity index (χ1v) is 5.88. The zero-order valence-corrected chi connectivity index (χ0v) is 10.2. The van der Waals surface area contributed by atoms with Crippen LogP contribution in [0.1, 0.15) is 20.3 Å².